The molecule has 1 aromatic heterocycles. The van der Waals surface area contributed by atoms with E-state index < -0.39 is 18.1 Å². The minimum atomic E-state index is -1.01. The molecule has 0 aliphatic carbocycles. The minimum absolute atomic E-state index is 0.129. The van der Waals surface area contributed by atoms with Gasteiger partial charge < -0.3 is 19.6 Å². The Morgan fingerprint density at radius 1 is 1.05 bits per heavy atom. The van der Waals surface area contributed by atoms with Gasteiger partial charge in [-0.25, -0.2) is 19.4 Å². The number of benzene rings is 3. The summed E-state index contributed by atoms with van der Waals surface area (Å²) >= 11 is 0. The van der Waals surface area contributed by atoms with Crippen LogP contribution < -0.4 is 15.6 Å². The molecule has 11 heteroatoms. The number of nitrogens with zero attached hydrogens (tertiary/aromatic N) is 3. The number of nitrogens with one attached hydrogen (secondary N) is 1. The molecule has 2 aliphatic rings. The van der Waals surface area contributed by atoms with Gasteiger partial charge in [0.15, 0.2) is 5.82 Å². The lowest BCUT2D eigenvalue weighted by atomic mass is 9.98. The quantitative estimate of drug-likeness (QED) is 0.324. The first-order chi connectivity index (χ1) is 19.0. The van der Waals surface area contributed by atoms with E-state index in [1.165, 1.54) is 0 Å². The van der Waals surface area contributed by atoms with Gasteiger partial charge in [-0.15, -0.1) is 0 Å². The zero-order chi connectivity index (χ0) is 26.9. The van der Waals surface area contributed by atoms with Crippen molar-refractivity contribution in [1.29, 1.82) is 0 Å². The topological polar surface area (TPSA) is 130 Å². The van der Waals surface area contributed by atoms with Gasteiger partial charge in [-0.2, -0.15) is 0 Å². The van der Waals surface area contributed by atoms with Crippen LogP contribution in [0.4, 0.5) is 11.4 Å². The van der Waals surface area contributed by atoms with E-state index in [9.17, 15) is 14.7 Å². The Balaban J connectivity index is 1.35. The van der Waals surface area contributed by atoms with Crippen LogP contribution in [0.3, 0.4) is 0 Å². The summed E-state index contributed by atoms with van der Waals surface area (Å²) in [6, 6.07) is 20.7. The van der Waals surface area contributed by atoms with Crippen LogP contribution >= 0.6 is 0 Å². The highest BCUT2D eigenvalue weighted by atomic mass is 17.2. The van der Waals surface area contributed by atoms with E-state index in [0.29, 0.717) is 37.9 Å². The molecule has 6 rings (SSSR count). The number of carboxylic acid groups (broad SMARTS) is 1. The van der Waals surface area contributed by atoms with Crippen molar-refractivity contribution in [2.45, 2.75) is 25.9 Å². The summed E-state index contributed by atoms with van der Waals surface area (Å²) in [5.41, 5.74) is 5.07. The number of hydrogen-bond acceptors (Lipinski definition) is 9. The highest BCUT2D eigenvalue weighted by Gasteiger charge is 2.44. The van der Waals surface area contributed by atoms with Crippen LogP contribution in [-0.4, -0.2) is 53.4 Å². The van der Waals surface area contributed by atoms with Crippen molar-refractivity contribution in [2.24, 2.45) is 0 Å². The molecule has 0 amide bonds. The number of ether oxygens (including phenoxy) is 1. The molecule has 3 aromatic carbocycles. The molecular weight excluding hydrogens is 504 g/mol. The molecule has 3 heterocycles. The second-order valence-electron chi connectivity index (χ2n) is 9.20. The molecule has 0 saturated carbocycles. The monoisotopic (exact) mass is 530 g/mol. The summed E-state index contributed by atoms with van der Waals surface area (Å²) in [5, 5.41) is 13.8. The van der Waals surface area contributed by atoms with Gasteiger partial charge in [0, 0.05) is 18.7 Å². The number of carbonyl (C=O) groups is 1. The van der Waals surface area contributed by atoms with Gasteiger partial charge in [-0.1, -0.05) is 59.8 Å². The maximum absolute atomic E-state index is 12.2. The minimum Gasteiger partial charge on any atom is -0.478 e. The zero-order valence-electron chi connectivity index (χ0n) is 21.1. The maximum Gasteiger partial charge on any atom is 0.439 e. The van der Waals surface area contributed by atoms with Gasteiger partial charge in [-0.3, -0.25) is 9.51 Å². The zero-order valence-corrected chi connectivity index (χ0v) is 21.1. The molecule has 1 saturated heterocycles. The molecule has 1 fully saturated rings. The van der Waals surface area contributed by atoms with Crippen LogP contribution in [0.5, 0.6) is 0 Å². The Bertz CT molecular complexity index is 1540. The van der Waals surface area contributed by atoms with Crippen LogP contribution in [0.2, 0.25) is 0 Å². The Kier molecular flexibility index (Phi) is 6.61. The Morgan fingerprint density at radius 2 is 1.79 bits per heavy atom. The maximum atomic E-state index is 12.2. The van der Waals surface area contributed by atoms with Gasteiger partial charge in [0.1, 0.15) is 13.2 Å². The van der Waals surface area contributed by atoms with Crippen LogP contribution in [-0.2, 0) is 21.1 Å². The number of aromatic amines is 1. The average molecular weight is 531 g/mol. The summed E-state index contributed by atoms with van der Waals surface area (Å²) < 4.78 is 10.9. The van der Waals surface area contributed by atoms with Crippen molar-refractivity contribution in [2.75, 3.05) is 29.6 Å². The fourth-order valence-electron chi connectivity index (χ4n) is 5.18. The summed E-state index contributed by atoms with van der Waals surface area (Å²) in [6.07, 6.45) is -0.537. The lowest BCUT2D eigenvalue weighted by Crippen LogP contribution is -2.51. The van der Waals surface area contributed by atoms with E-state index in [-0.39, 0.29) is 11.6 Å². The number of hydrogen-bond donors (Lipinski definition) is 2. The van der Waals surface area contributed by atoms with E-state index in [2.05, 4.69) is 10.1 Å². The third-order valence-electron chi connectivity index (χ3n) is 6.87. The number of aromatic carboxylic acids is 1. The lowest BCUT2D eigenvalue weighted by Gasteiger charge is -2.35. The number of rotatable bonds is 8. The highest BCUT2D eigenvalue weighted by Crippen LogP contribution is 2.45. The number of para-hydroxylation sites is 1. The summed E-state index contributed by atoms with van der Waals surface area (Å²) in [4.78, 5) is 40.7. The fourth-order valence-corrected chi connectivity index (χ4v) is 5.18. The van der Waals surface area contributed by atoms with Crippen molar-refractivity contribution in [3.63, 3.8) is 0 Å². The van der Waals surface area contributed by atoms with Crippen molar-refractivity contribution in [3.8, 4) is 22.5 Å². The van der Waals surface area contributed by atoms with Crippen LogP contribution in [0.15, 0.2) is 76.0 Å². The van der Waals surface area contributed by atoms with Gasteiger partial charge in [0.05, 0.1) is 23.0 Å². The molecule has 0 bridgehead atoms. The van der Waals surface area contributed by atoms with Crippen LogP contribution in [0, 0.1) is 0 Å². The Labute approximate surface area is 223 Å². The molecule has 39 heavy (non-hydrogen) atoms. The molecular formula is C28H26N4O7. The molecule has 1 atom stereocenters. The van der Waals surface area contributed by atoms with Gasteiger partial charge in [0.2, 0.25) is 6.35 Å². The number of carboxylic acids is 1. The molecule has 200 valence electrons. The average Bonchev–Trinajstić information content (AvgIpc) is 3.69. The Hall–Kier alpha value is -4.45. The smallest absolute Gasteiger partial charge is 0.439 e. The number of aromatic nitrogens is 2. The lowest BCUT2D eigenvalue weighted by molar-refractivity contribution is -0.248. The normalized spacial score (nSPS) is 17.1. The van der Waals surface area contributed by atoms with Crippen molar-refractivity contribution in [3.05, 3.63) is 88.4 Å². The summed E-state index contributed by atoms with van der Waals surface area (Å²) in [7, 11) is 0. The molecule has 2 N–H and O–H groups in total. The predicted molar refractivity (Wildman–Crippen MR) is 141 cm³/mol. The van der Waals surface area contributed by atoms with Gasteiger partial charge in [0.25, 0.3) is 0 Å². The highest BCUT2D eigenvalue weighted by molar-refractivity contribution is 6.00. The van der Waals surface area contributed by atoms with Crippen molar-refractivity contribution < 1.29 is 28.9 Å². The molecule has 0 radical (unpaired) electrons. The predicted octanol–water partition coefficient (Wildman–Crippen LogP) is 3.87. The SMILES string of the molecule is CCOC1N(Cc2ccc(-c3ccccc3-c3noc(=O)[nH]3)cc2)c2c(C(=O)O)cccc2N1C1COOC1. The number of fused-ring (bicyclic) bond motifs is 1. The van der Waals surface area contributed by atoms with Gasteiger partial charge >= 0.3 is 11.7 Å². The molecule has 4 aromatic rings. The van der Waals surface area contributed by atoms with E-state index >= 15 is 0 Å². The number of H-pyrrole nitrogens is 1. The molecule has 2 aliphatic heterocycles. The fraction of sp³-hybridized carbons (Fsp3) is 0.250. The Morgan fingerprint density at radius 3 is 2.46 bits per heavy atom. The largest absolute Gasteiger partial charge is 0.478 e. The van der Waals surface area contributed by atoms with Crippen molar-refractivity contribution in [1.82, 2.24) is 10.1 Å². The van der Waals surface area contributed by atoms with E-state index in [0.717, 1.165) is 27.9 Å². The molecule has 11 nitrogen and oxygen atoms in total. The standard InChI is InChI=1S/C28H26N4O7/c1-2-36-28-31(24-22(26(33)34)8-5-9-23(24)32(28)19-15-37-38-16-19)14-17-10-12-18(13-11-17)20-6-3-4-7-21(20)25-29-27(35)39-30-25/h3-13,19,28H,2,14-16H2,1H3,(H,33,34)(H,29,30,35). The number of anilines is 2. The molecule has 1 unspecified atom stereocenters. The second kappa shape index (κ2) is 10.4. The van der Waals surface area contributed by atoms with E-state index in [4.69, 9.17) is 19.0 Å². The van der Waals surface area contributed by atoms with E-state index in [1.807, 2.05) is 71.3 Å². The second-order valence-corrected chi connectivity index (χ2v) is 9.20. The first-order valence-corrected chi connectivity index (χ1v) is 12.6. The molecule has 0 spiro atoms. The van der Waals surface area contributed by atoms with E-state index in [1.54, 1.807) is 12.1 Å². The van der Waals surface area contributed by atoms with Crippen LogP contribution in [0.1, 0.15) is 22.8 Å². The third kappa shape index (κ3) is 4.56. The summed E-state index contributed by atoms with van der Waals surface area (Å²) in [5.74, 6) is -1.27. The van der Waals surface area contributed by atoms with Crippen molar-refractivity contribution >= 4 is 17.3 Å². The van der Waals surface area contributed by atoms with Crippen LogP contribution in [0.25, 0.3) is 22.5 Å². The van der Waals surface area contributed by atoms with Gasteiger partial charge in [-0.05, 0) is 35.7 Å². The first kappa shape index (κ1) is 24.9. The first-order valence-electron chi connectivity index (χ1n) is 12.6. The third-order valence-corrected chi connectivity index (χ3v) is 6.87. The summed E-state index contributed by atoms with van der Waals surface area (Å²) in [6.45, 7) is 3.44.